The molecule has 24 heavy (non-hydrogen) atoms. The summed E-state index contributed by atoms with van der Waals surface area (Å²) in [5.74, 6) is 1.12. The summed E-state index contributed by atoms with van der Waals surface area (Å²) in [5.41, 5.74) is 1.43. The van der Waals surface area contributed by atoms with Crippen molar-refractivity contribution in [3.63, 3.8) is 0 Å². The highest BCUT2D eigenvalue weighted by Crippen LogP contribution is 2.20. The van der Waals surface area contributed by atoms with Crippen LogP contribution in [0, 0.1) is 0 Å². The van der Waals surface area contributed by atoms with Crippen molar-refractivity contribution in [3.05, 3.63) is 87.6 Å². The summed E-state index contributed by atoms with van der Waals surface area (Å²) in [7, 11) is 0. The van der Waals surface area contributed by atoms with Gasteiger partial charge in [-0.25, -0.2) is 9.55 Å². The Morgan fingerprint density at radius 1 is 1.04 bits per heavy atom. The van der Waals surface area contributed by atoms with Gasteiger partial charge in [0.25, 0.3) is 5.56 Å². The van der Waals surface area contributed by atoms with E-state index in [9.17, 15) is 4.79 Å². The first kappa shape index (κ1) is 14.7. The van der Waals surface area contributed by atoms with Gasteiger partial charge in [-0.2, -0.15) is 5.10 Å². The van der Waals surface area contributed by atoms with Gasteiger partial charge < -0.3 is 0 Å². The van der Waals surface area contributed by atoms with Gasteiger partial charge in [0.1, 0.15) is 5.82 Å². The molecule has 0 spiro atoms. The number of aromatic amines is 1. The Labute approximate surface area is 142 Å². The molecule has 0 bridgehead atoms. The molecule has 4 rings (SSSR count). The zero-order valence-electron chi connectivity index (χ0n) is 12.6. The zero-order valence-corrected chi connectivity index (χ0v) is 13.4. The van der Waals surface area contributed by atoms with Gasteiger partial charge in [-0.15, -0.1) is 0 Å². The Morgan fingerprint density at radius 3 is 2.62 bits per heavy atom. The third-order valence-corrected chi connectivity index (χ3v) is 4.15. The van der Waals surface area contributed by atoms with Gasteiger partial charge in [0.2, 0.25) is 0 Å². The van der Waals surface area contributed by atoms with Crippen molar-refractivity contribution in [3.8, 4) is 5.82 Å². The summed E-state index contributed by atoms with van der Waals surface area (Å²) in [5, 5.41) is 7.67. The number of rotatable bonds is 3. The summed E-state index contributed by atoms with van der Waals surface area (Å²) in [6.07, 6.45) is 2.19. The fourth-order valence-corrected chi connectivity index (χ4v) is 3.00. The zero-order chi connectivity index (χ0) is 16.5. The summed E-state index contributed by atoms with van der Waals surface area (Å²) < 4.78 is 1.51. The maximum absolute atomic E-state index is 13.0. The molecule has 0 aliphatic carbocycles. The largest absolute Gasteiger partial charge is 0.284 e. The van der Waals surface area contributed by atoms with E-state index < -0.39 is 0 Å². The van der Waals surface area contributed by atoms with Crippen LogP contribution in [0.3, 0.4) is 0 Å². The molecule has 0 saturated heterocycles. The van der Waals surface area contributed by atoms with Crippen molar-refractivity contribution >= 4 is 22.5 Å². The van der Waals surface area contributed by atoms with Gasteiger partial charge in [-0.05, 0) is 17.7 Å². The SMILES string of the molecule is O=c1c2c(Cl)cccc2nc(Cc2ccccc2)n1-c1cc[nH]n1. The Balaban J connectivity index is 2.01. The highest BCUT2D eigenvalue weighted by molar-refractivity contribution is 6.35. The number of halogens is 1. The summed E-state index contributed by atoms with van der Waals surface area (Å²) in [4.78, 5) is 17.7. The molecule has 0 saturated carbocycles. The second-order valence-electron chi connectivity index (χ2n) is 5.40. The van der Waals surface area contributed by atoms with Gasteiger partial charge in [0.05, 0.1) is 15.9 Å². The van der Waals surface area contributed by atoms with E-state index in [0.29, 0.717) is 34.0 Å². The van der Waals surface area contributed by atoms with Crippen LogP contribution in [0.5, 0.6) is 0 Å². The van der Waals surface area contributed by atoms with Crippen LogP contribution in [0.15, 0.2) is 65.6 Å². The van der Waals surface area contributed by atoms with Gasteiger partial charge in [-0.1, -0.05) is 48.0 Å². The minimum atomic E-state index is -0.219. The highest BCUT2D eigenvalue weighted by Gasteiger charge is 2.16. The van der Waals surface area contributed by atoms with E-state index in [1.807, 2.05) is 30.3 Å². The maximum atomic E-state index is 13.0. The lowest BCUT2D eigenvalue weighted by Crippen LogP contribution is -2.24. The molecule has 0 atom stereocenters. The van der Waals surface area contributed by atoms with Crippen molar-refractivity contribution in [2.45, 2.75) is 6.42 Å². The average molecular weight is 337 g/mol. The molecule has 0 unspecified atom stereocenters. The minimum Gasteiger partial charge on any atom is -0.284 e. The molecule has 0 aliphatic rings. The summed E-state index contributed by atoms with van der Waals surface area (Å²) >= 11 is 6.23. The molecular formula is C18H13ClN4O. The fraction of sp³-hybridized carbons (Fsp3) is 0.0556. The molecule has 6 heteroatoms. The molecule has 0 amide bonds. The number of benzene rings is 2. The van der Waals surface area contributed by atoms with Crippen LogP contribution in [-0.2, 0) is 6.42 Å². The predicted octanol–water partition coefficient (Wildman–Crippen LogP) is 3.35. The fourth-order valence-electron chi connectivity index (χ4n) is 2.75. The molecule has 5 nitrogen and oxygen atoms in total. The summed E-state index contributed by atoms with van der Waals surface area (Å²) in [6, 6.07) is 16.9. The smallest absolute Gasteiger partial charge is 0.268 e. The standard InChI is InChI=1S/C18H13ClN4O/c19-13-7-4-8-14-17(13)18(24)23(15-9-10-20-22-15)16(21-14)11-12-5-2-1-3-6-12/h1-10H,11H2,(H,20,22). The Kier molecular flexibility index (Phi) is 3.63. The third kappa shape index (κ3) is 2.49. The van der Waals surface area contributed by atoms with E-state index in [4.69, 9.17) is 11.6 Å². The molecule has 1 N–H and O–H groups in total. The van der Waals surface area contributed by atoms with Gasteiger partial charge >= 0.3 is 0 Å². The average Bonchev–Trinajstić information content (AvgIpc) is 3.10. The second kappa shape index (κ2) is 5.94. The van der Waals surface area contributed by atoms with Crippen molar-refractivity contribution < 1.29 is 0 Å². The van der Waals surface area contributed by atoms with E-state index in [-0.39, 0.29) is 5.56 Å². The van der Waals surface area contributed by atoms with Crippen LogP contribution < -0.4 is 5.56 Å². The molecule has 2 aromatic heterocycles. The highest BCUT2D eigenvalue weighted by atomic mass is 35.5. The number of nitrogens with one attached hydrogen (secondary N) is 1. The van der Waals surface area contributed by atoms with Crippen LogP contribution in [0.2, 0.25) is 5.02 Å². The number of hydrogen-bond donors (Lipinski definition) is 1. The van der Waals surface area contributed by atoms with E-state index in [1.165, 1.54) is 4.57 Å². The lowest BCUT2D eigenvalue weighted by molar-refractivity contribution is 0.819. The van der Waals surface area contributed by atoms with Crippen LogP contribution in [0.4, 0.5) is 0 Å². The number of H-pyrrole nitrogens is 1. The number of aromatic nitrogens is 4. The van der Waals surface area contributed by atoms with E-state index in [1.54, 1.807) is 30.5 Å². The maximum Gasteiger partial charge on any atom is 0.268 e. The quantitative estimate of drug-likeness (QED) is 0.624. The third-order valence-electron chi connectivity index (χ3n) is 3.84. The normalized spacial score (nSPS) is 11.0. The van der Waals surface area contributed by atoms with E-state index >= 15 is 0 Å². The van der Waals surface area contributed by atoms with E-state index in [2.05, 4.69) is 15.2 Å². The summed E-state index contributed by atoms with van der Waals surface area (Å²) in [6.45, 7) is 0. The van der Waals surface area contributed by atoms with Gasteiger partial charge in [0, 0.05) is 18.7 Å². The predicted molar refractivity (Wildman–Crippen MR) is 93.7 cm³/mol. The number of nitrogens with zero attached hydrogens (tertiary/aromatic N) is 3. The molecule has 2 aromatic carbocycles. The van der Waals surface area contributed by atoms with Gasteiger partial charge in [-0.3, -0.25) is 9.89 Å². The first-order valence-corrected chi connectivity index (χ1v) is 7.86. The molecule has 0 fully saturated rings. The van der Waals surface area contributed by atoms with Crippen molar-refractivity contribution in [2.75, 3.05) is 0 Å². The van der Waals surface area contributed by atoms with Crippen LogP contribution >= 0.6 is 11.6 Å². The first-order valence-electron chi connectivity index (χ1n) is 7.48. The molecular weight excluding hydrogens is 324 g/mol. The second-order valence-corrected chi connectivity index (χ2v) is 5.80. The van der Waals surface area contributed by atoms with Gasteiger partial charge in [0.15, 0.2) is 5.82 Å². The molecule has 118 valence electrons. The molecule has 0 aliphatic heterocycles. The number of fused-ring (bicyclic) bond motifs is 1. The topological polar surface area (TPSA) is 63.6 Å². The molecule has 4 aromatic rings. The van der Waals surface area contributed by atoms with Crippen LogP contribution in [-0.4, -0.2) is 19.7 Å². The monoisotopic (exact) mass is 336 g/mol. The van der Waals surface area contributed by atoms with Crippen molar-refractivity contribution in [1.82, 2.24) is 19.7 Å². The lowest BCUT2D eigenvalue weighted by atomic mass is 10.1. The Bertz CT molecular complexity index is 1060. The van der Waals surface area contributed by atoms with Crippen molar-refractivity contribution in [1.29, 1.82) is 0 Å². The van der Waals surface area contributed by atoms with Crippen molar-refractivity contribution in [2.24, 2.45) is 0 Å². The van der Waals surface area contributed by atoms with Crippen LogP contribution in [0.25, 0.3) is 16.7 Å². The van der Waals surface area contributed by atoms with E-state index in [0.717, 1.165) is 5.56 Å². The minimum absolute atomic E-state index is 0.219. The van der Waals surface area contributed by atoms with Crippen LogP contribution in [0.1, 0.15) is 11.4 Å². The Hall–Kier alpha value is -2.92. The molecule has 0 radical (unpaired) electrons. The molecule has 2 heterocycles. The lowest BCUT2D eigenvalue weighted by Gasteiger charge is -2.12. The Morgan fingerprint density at radius 2 is 1.88 bits per heavy atom. The first-order chi connectivity index (χ1) is 11.7. The number of hydrogen-bond acceptors (Lipinski definition) is 3.